The third-order valence-electron chi connectivity index (χ3n) is 6.82. The summed E-state index contributed by atoms with van der Waals surface area (Å²) in [5.74, 6) is 2.85. The molecule has 1 aromatic heterocycles. The van der Waals surface area contributed by atoms with Crippen molar-refractivity contribution in [2.24, 2.45) is 0 Å². The van der Waals surface area contributed by atoms with Gasteiger partial charge in [-0.25, -0.2) is 15.0 Å². The zero-order chi connectivity index (χ0) is 25.9. The minimum atomic E-state index is 0.645. The van der Waals surface area contributed by atoms with Crippen molar-refractivity contribution in [1.82, 2.24) is 15.0 Å². The molecular weight excluding hydrogens is 466 g/mol. The molecule has 0 aliphatic carbocycles. The second kappa shape index (κ2) is 10.3. The minimum Gasteiger partial charge on any atom is -0.496 e. The lowest BCUT2D eigenvalue weighted by Gasteiger charge is -2.14. The second-order valence-electron chi connectivity index (χ2n) is 9.13. The van der Waals surface area contributed by atoms with Crippen molar-refractivity contribution >= 4 is 10.8 Å². The quantitative estimate of drug-likeness (QED) is 0.234. The fourth-order valence-corrected chi connectivity index (χ4v) is 4.93. The van der Waals surface area contributed by atoms with Crippen LogP contribution in [0.3, 0.4) is 0 Å². The first kappa shape index (κ1) is 23.6. The molecule has 0 saturated carbocycles. The van der Waals surface area contributed by atoms with Crippen LogP contribution in [-0.4, -0.2) is 22.1 Å². The Bertz CT molecular complexity index is 1660. The largest absolute Gasteiger partial charge is 0.496 e. The van der Waals surface area contributed by atoms with Crippen molar-refractivity contribution in [2.45, 2.75) is 13.3 Å². The zero-order valence-corrected chi connectivity index (χ0v) is 21.4. The van der Waals surface area contributed by atoms with Crippen molar-refractivity contribution in [1.29, 1.82) is 0 Å². The minimum absolute atomic E-state index is 0.645. The molecule has 6 rings (SSSR count). The average molecular weight is 494 g/mol. The van der Waals surface area contributed by atoms with Gasteiger partial charge < -0.3 is 4.74 Å². The molecule has 0 atom stereocenters. The molecule has 0 fully saturated rings. The number of hydrogen-bond donors (Lipinski definition) is 0. The van der Waals surface area contributed by atoms with Crippen LogP contribution >= 0.6 is 0 Å². The molecule has 0 saturated heterocycles. The van der Waals surface area contributed by atoms with Gasteiger partial charge in [0.2, 0.25) is 0 Å². The van der Waals surface area contributed by atoms with E-state index >= 15 is 0 Å². The topological polar surface area (TPSA) is 47.9 Å². The first-order valence-corrected chi connectivity index (χ1v) is 12.8. The van der Waals surface area contributed by atoms with E-state index in [1.165, 1.54) is 16.3 Å². The monoisotopic (exact) mass is 493 g/mol. The summed E-state index contributed by atoms with van der Waals surface area (Å²) in [7, 11) is 1.73. The number of fused-ring (bicyclic) bond motifs is 1. The van der Waals surface area contributed by atoms with E-state index in [0.29, 0.717) is 17.5 Å². The second-order valence-corrected chi connectivity index (χ2v) is 9.13. The summed E-state index contributed by atoms with van der Waals surface area (Å²) in [6.45, 7) is 2.18. The Morgan fingerprint density at radius 2 is 1.11 bits per heavy atom. The summed E-state index contributed by atoms with van der Waals surface area (Å²) in [5.41, 5.74) is 6.38. The van der Waals surface area contributed by atoms with Crippen LogP contribution in [0.25, 0.3) is 56.1 Å². The van der Waals surface area contributed by atoms with Crippen molar-refractivity contribution in [3.8, 4) is 51.0 Å². The summed E-state index contributed by atoms with van der Waals surface area (Å²) >= 11 is 0. The Morgan fingerprint density at radius 1 is 0.553 bits per heavy atom. The van der Waals surface area contributed by atoms with Crippen LogP contribution in [0.15, 0.2) is 115 Å². The summed E-state index contributed by atoms with van der Waals surface area (Å²) in [5, 5.41) is 2.34. The summed E-state index contributed by atoms with van der Waals surface area (Å²) in [6.07, 6.45) is 0.937. The number of hydrogen-bond acceptors (Lipinski definition) is 4. The van der Waals surface area contributed by atoms with Gasteiger partial charge in [-0.3, -0.25) is 0 Å². The molecule has 0 unspecified atom stereocenters. The molecule has 1 heterocycles. The molecule has 0 bridgehead atoms. The highest BCUT2D eigenvalue weighted by molar-refractivity contribution is 6.02. The Labute approximate surface area is 222 Å². The van der Waals surface area contributed by atoms with Gasteiger partial charge in [-0.15, -0.1) is 0 Å². The Morgan fingerprint density at radius 3 is 1.71 bits per heavy atom. The van der Waals surface area contributed by atoms with Gasteiger partial charge in [0.05, 0.1) is 7.11 Å². The predicted octanol–water partition coefficient (Wildman–Crippen LogP) is 8.26. The normalized spacial score (nSPS) is 11.0. The summed E-state index contributed by atoms with van der Waals surface area (Å²) in [4.78, 5) is 14.6. The summed E-state index contributed by atoms with van der Waals surface area (Å²) in [6, 6.07) is 39.2. The highest BCUT2D eigenvalue weighted by atomic mass is 16.5. The van der Waals surface area contributed by atoms with E-state index in [9.17, 15) is 0 Å². The molecule has 38 heavy (non-hydrogen) atoms. The smallest absolute Gasteiger partial charge is 0.164 e. The van der Waals surface area contributed by atoms with Gasteiger partial charge in [0.25, 0.3) is 0 Å². The molecule has 4 heteroatoms. The van der Waals surface area contributed by atoms with Crippen molar-refractivity contribution in [2.75, 3.05) is 7.11 Å². The number of aromatic nitrogens is 3. The molecule has 6 aromatic rings. The third kappa shape index (κ3) is 4.41. The molecule has 4 nitrogen and oxygen atoms in total. The number of benzene rings is 5. The van der Waals surface area contributed by atoms with Crippen LogP contribution in [0.1, 0.15) is 12.5 Å². The number of rotatable bonds is 6. The Balaban J connectivity index is 1.52. The Hall–Kier alpha value is -4.83. The zero-order valence-electron chi connectivity index (χ0n) is 21.4. The molecule has 184 valence electrons. The van der Waals surface area contributed by atoms with Crippen LogP contribution in [-0.2, 0) is 6.42 Å². The SMILES string of the molecule is CCc1cccc2c(-c3cccc(-c4nc(-c5ccccc5)nc(-c5ccccc5)n4)c3)ccc(OC)c12. The summed E-state index contributed by atoms with van der Waals surface area (Å²) < 4.78 is 5.74. The number of nitrogens with zero attached hydrogens (tertiary/aromatic N) is 3. The van der Waals surface area contributed by atoms with E-state index in [4.69, 9.17) is 19.7 Å². The Kier molecular flexibility index (Phi) is 6.37. The fraction of sp³-hybridized carbons (Fsp3) is 0.0882. The fourth-order valence-electron chi connectivity index (χ4n) is 4.93. The molecule has 5 aromatic carbocycles. The first-order chi connectivity index (χ1) is 18.7. The molecular formula is C34H27N3O. The molecule has 0 radical (unpaired) electrons. The molecule has 0 aliphatic rings. The van der Waals surface area contributed by atoms with Crippen LogP contribution in [0.2, 0.25) is 0 Å². The van der Waals surface area contributed by atoms with Gasteiger partial charge in [-0.05, 0) is 40.6 Å². The maximum Gasteiger partial charge on any atom is 0.164 e. The van der Waals surface area contributed by atoms with E-state index in [1.807, 2.05) is 60.7 Å². The van der Waals surface area contributed by atoms with Crippen LogP contribution < -0.4 is 4.74 Å². The van der Waals surface area contributed by atoms with E-state index < -0.39 is 0 Å². The lowest BCUT2D eigenvalue weighted by Crippen LogP contribution is -2.00. The number of methoxy groups -OCH3 is 1. The number of aryl methyl sites for hydroxylation is 1. The van der Waals surface area contributed by atoms with Gasteiger partial charge in [0.1, 0.15) is 5.75 Å². The van der Waals surface area contributed by atoms with Gasteiger partial charge in [0, 0.05) is 22.1 Å². The molecule has 0 aliphatic heterocycles. The average Bonchev–Trinajstić information content (AvgIpc) is 3.01. The lowest BCUT2D eigenvalue weighted by atomic mass is 9.93. The lowest BCUT2D eigenvalue weighted by molar-refractivity contribution is 0.419. The first-order valence-electron chi connectivity index (χ1n) is 12.8. The van der Waals surface area contributed by atoms with Gasteiger partial charge >= 0.3 is 0 Å². The maximum atomic E-state index is 5.74. The highest BCUT2D eigenvalue weighted by Gasteiger charge is 2.15. The van der Waals surface area contributed by atoms with Crippen LogP contribution in [0, 0.1) is 0 Å². The van der Waals surface area contributed by atoms with Crippen LogP contribution in [0.4, 0.5) is 0 Å². The van der Waals surface area contributed by atoms with Gasteiger partial charge in [-0.1, -0.05) is 110 Å². The van der Waals surface area contributed by atoms with E-state index in [1.54, 1.807) is 7.11 Å². The van der Waals surface area contributed by atoms with E-state index in [-0.39, 0.29) is 0 Å². The van der Waals surface area contributed by atoms with Crippen molar-refractivity contribution in [3.63, 3.8) is 0 Å². The molecule has 0 amide bonds. The van der Waals surface area contributed by atoms with Crippen molar-refractivity contribution < 1.29 is 4.74 Å². The predicted molar refractivity (Wildman–Crippen MR) is 155 cm³/mol. The van der Waals surface area contributed by atoms with E-state index in [0.717, 1.165) is 40.0 Å². The van der Waals surface area contributed by atoms with Gasteiger partial charge in [0.15, 0.2) is 17.5 Å². The molecule has 0 spiro atoms. The third-order valence-corrected chi connectivity index (χ3v) is 6.82. The van der Waals surface area contributed by atoms with Crippen molar-refractivity contribution in [3.05, 3.63) is 121 Å². The van der Waals surface area contributed by atoms with Crippen LogP contribution in [0.5, 0.6) is 5.75 Å². The standard InChI is InChI=1S/C34H27N3O/c1-3-23-16-11-19-29-28(20-21-30(38-2)31(23)29)26-17-10-18-27(22-26)34-36-32(24-12-6-4-7-13-24)35-33(37-34)25-14-8-5-9-15-25/h4-22H,3H2,1-2H3. The van der Waals surface area contributed by atoms with Gasteiger partial charge in [-0.2, -0.15) is 0 Å². The number of ether oxygens (including phenoxy) is 1. The highest BCUT2D eigenvalue weighted by Crippen LogP contribution is 2.38. The van der Waals surface area contributed by atoms with E-state index in [2.05, 4.69) is 61.5 Å². The molecule has 0 N–H and O–H groups in total. The maximum absolute atomic E-state index is 5.74.